The number of methoxy groups -OCH3 is 1. The summed E-state index contributed by atoms with van der Waals surface area (Å²) >= 11 is 0. The summed E-state index contributed by atoms with van der Waals surface area (Å²) in [5.41, 5.74) is 7.20. The molecular formula is C16H26N2O. The summed E-state index contributed by atoms with van der Waals surface area (Å²) < 4.78 is 5.47. The third kappa shape index (κ3) is 3.21. The first-order chi connectivity index (χ1) is 9.27. The van der Waals surface area contributed by atoms with E-state index < -0.39 is 0 Å². The topological polar surface area (TPSA) is 38.5 Å². The summed E-state index contributed by atoms with van der Waals surface area (Å²) in [7, 11) is 3.87. The van der Waals surface area contributed by atoms with Gasteiger partial charge in [0.05, 0.1) is 12.8 Å². The fourth-order valence-corrected chi connectivity index (χ4v) is 3.29. The van der Waals surface area contributed by atoms with Gasteiger partial charge in [-0.2, -0.15) is 0 Å². The highest BCUT2D eigenvalue weighted by Crippen LogP contribution is 2.33. The van der Waals surface area contributed by atoms with E-state index in [0.717, 1.165) is 11.4 Å². The number of nitrogens with two attached hydrogens (primary N) is 1. The van der Waals surface area contributed by atoms with Crippen molar-refractivity contribution in [2.45, 2.75) is 38.1 Å². The predicted octanol–water partition coefficient (Wildman–Crippen LogP) is 3.04. The first kappa shape index (κ1) is 14.2. The average molecular weight is 262 g/mol. The SMILES string of the molecule is COc1ccccc1N(C)C(CN)C1CCCCC1. The van der Waals surface area contributed by atoms with Gasteiger partial charge in [-0.1, -0.05) is 31.4 Å². The van der Waals surface area contributed by atoms with Crippen molar-refractivity contribution in [3.63, 3.8) is 0 Å². The summed E-state index contributed by atoms with van der Waals surface area (Å²) in [5.74, 6) is 1.65. The fraction of sp³-hybridized carbons (Fsp3) is 0.625. The van der Waals surface area contributed by atoms with Gasteiger partial charge in [-0.15, -0.1) is 0 Å². The molecule has 1 aliphatic rings. The molecule has 3 nitrogen and oxygen atoms in total. The van der Waals surface area contributed by atoms with Crippen LogP contribution in [-0.2, 0) is 0 Å². The summed E-state index contributed by atoms with van der Waals surface area (Å²) in [5, 5.41) is 0. The Balaban J connectivity index is 2.17. The second kappa shape index (κ2) is 6.80. The van der Waals surface area contributed by atoms with Crippen molar-refractivity contribution in [2.24, 2.45) is 11.7 Å². The number of ether oxygens (including phenoxy) is 1. The molecule has 0 radical (unpaired) electrons. The van der Waals surface area contributed by atoms with Gasteiger partial charge in [0.2, 0.25) is 0 Å². The largest absolute Gasteiger partial charge is 0.495 e. The van der Waals surface area contributed by atoms with Crippen LogP contribution in [0.2, 0.25) is 0 Å². The second-order valence-electron chi connectivity index (χ2n) is 5.48. The Hall–Kier alpha value is -1.22. The molecule has 106 valence electrons. The van der Waals surface area contributed by atoms with E-state index in [1.54, 1.807) is 7.11 Å². The molecule has 1 saturated carbocycles. The van der Waals surface area contributed by atoms with E-state index in [-0.39, 0.29) is 0 Å². The van der Waals surface area contributed by atoms with Crippen LogP contribution in [0.3, 0.4) is 0 Å². The third-order valence-corrected chi connectivity index (χ3v) is 4.40. The molecule has 1 unspecified atom stereocenters. The molecule has 2 rings (SSSR count). The van der Waals surface area contributed by atoms with E-state index in [0.29, 0.717) is 18.5 Å². The Kier molecular flexibility index (Phi) is 5.08. The molecule has 1 aromatic rings. The van der Waals surface area contributed by atoms with Crippen molar-refractivity contribution in [1.82, 2.24) is 0 Å². The standard InChI is InChI=1S/C16H26N2O/c1-18(14-10-6-7-11-16(14)19-2)15(12-17)13-8-4-3-5-9-13/h6-7,10-11,13,15H,3-5,8-9,12,17H2,1-2H3. The molecule has 0 amide bonds. The van der Waals surface area contributed by atoms with Gasteiger partial charge >= 0.3 is 0 Å². The maximum atomic E-state index is 6.05. The van der Waals surface area contributed by atoms with Crippen LogP contribution in [0.4, 0.5) is 5.69 Å². The second-order valence-corrected chi connectivity index (χ2v) is 5.48. The van der Waals surface area contributed by atoms with Crippen molar-refractivity contribution in [1.29, 1.82) is 0 Å². The average Bonchev–Trinajstić information content (AvgIpc) is 2.49. The van der Waals surface area contributed by atoms with E-state index in [4.69, 9.17) is 10.5 Å². The van der Waals surface area contributed by atoms with Gasteiger partial charge in [0, 0.05) is 19.6 Å². The van der Waals surface area contributed by atoms with Gasteiger partial charge in [0.1, 0.15) is 5.75 Å². The Morgan fingerprint density at radius 2 is 1.95 bits per heavy atom. The zero-order valence-electron chi connectivity index (χ0n) is 12.1. The highest BCUT2D eigenvalue weighted by Gasteiger charge is 2.27. The number of anilines is 1. The number of hydrogen-bond donors (Lipinski definition) is 1. The van der Waals surface area contributed by atoms with Gasteiger partial charge in [-0.3, -0.25) is 0 Å². The van der Waals surface area contributed by atoms with E-state index in [2.05, 4.69) is 24.1 Å². The Bertz CT molecular complexity index is 388. The highest BCUT2D eigenvalue weighted by atomic mass is 16.5. The molecule has 2 N–H and O–H groups in total. The first-order valence-corrected chi connectivity index (χ1v) is 7.34. The summed E-state index contributed by atoms with van der Waals surface area (Å²) in [6.07, 6.45) is 6.69. The molecule has 1 atom stereocenters. The van der Waals surface area contributed by atoms with Crippen molar-refractivity contribution in [2.75, 3.05) is 25.6 Å². The van der Waals surface area contributed by atoms with Crippen LogP contribution in [0.5, 0.6) is 5.75 Å². The molecule has 0 saturated heterocycles. The van der Waals surface area contributed by atoms with Crippen LogP contribution in [0.25, 0.3) is 0 Å². The third-order valence-electron chi connectivity index (χ3n) is 4.40. The van der Waals surface area contributed by atoms with Crippen molar-refractivity contribution in [3.8, 4) is 5.75 Å². The highest BCUT2D eigenvalue weighted by molar-refractivity contribution is 5.58. The fourth-order valence-electron chi connectivity index (χ4n) is 3.29. The number of benzene rings is 1. The van der Waals surface area contributed by atoms with Crippen LogP contribution in [0.1, 0.15) is 32.1 Å². The molecule has 0 bridgehead atoms. The van der Waals surface area contributed by atoms with Gasteiger partial charge in [-0.05, 0) is 30.9 Å². The normalized spacial score (nSPS) is 18.1. The monoisotopic (exact) mass is 262 g/mol. The van der Waals surface area contributed by atoms with Gasteiger partial charge in [-0.25, -0.2) is 0 Å². The Morgan fingerprint density at radius 3 is 2.58 bits per heavy atom. The lowest BCUT2D eigenvalue weighted by Crippen LogP contribution is -2.44. The summed E-state index contributed by atoms with van der Waals surface area (Å²) in [6, 6.07) is 8.61. The van der Waals surface area contributed by atoms with Crippen LogP contribution >= 0.6 is 0 Å². The molecule has 0 spiro atoms. The Labute approximate surface area is 116 Å². The number of likely N-dealkylation sites (N-methyl/N-ethyl adjacent to an activating group) is 1. The summed E-state index contributed by atoms with van der Waals surface area (Å²) in [4.78, 5) is 2.31. The molecular weight excluding hydrogens is 236 g/mol. The minimum Gasteiger partial charge on any atom is -0.495 e. The number of hydrogen-bond acceptors (Lipinski definition) is 3. The lowest BCUT2D eigenvalue weighted by Gasteiger charge is -2.37. The molecule has 0 aliphatic heterocycles. The molecule has 19 heavy (non-hydrogen) atoms. The summed E-state index contributed by atoms with van der Waals surface area (Å²) in [6.45, 7) is 0.708. The smallest absolute Gasteiger partial charge is 0.142 e. The van der Waals surface area contributed by atoms with E-state index in [1.165, 1.54) is 32.1 Å². The number of nitrogens with zero attached hydrogens (tertiary/aromatic N) is 1. The molecule has 0 heterocycles. The van der Waals surface area contributed by atoms with Crippen molar-refractivity contribution < 1.29 is 4.74 Å². The lowest BCUT2D eigenvalue weighted by atomic mass is 9.83. The van der Waals surface area contributed by atoms with Crippen LogP contribution < -0.4 is 15.4 Å². The van der Waals surface area contributed by atoms with Gasteiger partial charge < -0.3 is 15.4 Å². The van der Waals surface area contributed by atoms with E-state index in [1.807, 2.05) is 12.1 Å². The van der Waals surface area contributed by atoms with Crippen LogP contribution in [0, 0.1) is 5.92 Å². The molecule has 3 heteroatoms. The number of rotatable bonds is 5. The zero-order valence-corrected chi connectivity index (χ0v) is 12.1. The lowest BCUT2D eigenvalue weighted by molar-refractivity contribution is 0.300. The first-order valence-electron chi connectivity index (χ1n) is 7.34. The number of para-hydroxylation sites is 2. The Morgan fingerprint density at radius 1 is 1.26 bits per heavy atom. The van der Waals surface area contributed by atoms with Gasteiger partial charge in [0.25, 0.3) is 0 Å². The van der Waals surface area contributed by atoms with Crippen LogP contribution in [0.15, 0.2) is 24.3 Å². The molecule has 1 fully saturated rings. The maximum Gasteiger partial charge on any atom is 0.142 e. The van der Waals surface area contributed by atoms with E-state index in [9.17, 15) is 0 Å². The quantitative estimate of drug-likeness (QED) is 0.886. The predicted molar refractivity (Wildman–Crippen MR) is 80.8 cm³/mol. The van der Waals surface area contributed by atoms with Crippen LogP contribution in [-0.4, -0.2) is 26.7 Å². The zero-order chi connectivity index (χ0) is 13.7. The van der Waals surface area contributed by atoms with Crippen molar-refractivity contribution in [3.05, 3.63) is 24.3 Å². The van der Waals surface area contributed by atoms with Crippen molar-refractivity contribution >= 4 is 5.69 Å². The maximum absolute atomic E-state index is 6.05. The minimum absolute atomic E-state index is 0.414. The minimum atomic E-state index is 0.414. The molecule has 0 aromatic heterocycles. The molecule has 1 aromatic carbocycles. The van der Waals surface area contributed by atoms with Gasteiger partial charge in [0.15, 0.2) is 0 Å². The molecule has 1 aliphatic carbocycles. The van der Waals surface area contributed by atoms with E-state index >= 15 is 0 Å².